The second-order valence-corrected chi connectivity index (χ2v) is 9.89. The second-order valence-electron chi connectivity index (χ2n) is 9.48. The Hall–Kier alpha value is -2.92. The van der Waals surface area contributed by atoms with E-state index in [1.807, 2.05) is 0 Å². The molecule has 202 valence electrons. The van der Waals surface area contributed by atoms with Gasteiger partial charge in [0, 0.05) is 25.7 Å². The van der Waals surface area contributed by atoms with E-state index in [0.717, 1.165) is 12.1 Å². The monoisotopic (exact) mass is 537 g/mol. The Kier molecular flexibility index (Phi) is 10.1. The number of amides is 1. The van der Waals surface area contributed by atoms with Gasteiger partial charge in [0.25, 0.3) is 0 Å². The number of ether oxygens (including phenoxy) is 3. The quantitative estimate of drug-likeness (QED) is 0.441. The molecule has 2 aromatic carbocycles. The van der Waals surface area contributed by atoms with Crippen LogP contribution in [0.4, 0.5) is 14.9 Å². The summed E-state index contributed by atoms with van der Waals surface area (Å²) in [5, 5.41) is 2.68. The molecule has 1 atom stereocenters. The summed E-state index contributed by atoms with van der Waals surface area (Å²) in [7, 11) is 0. The van der Waals surface area contributed by atoms with Gasteiger partial charge in [-0.05, 0) is 51.5 Å². The molecule has 9 nitrogen and oxygen atoms in total. The molecular formula is C26H33ClFN3O6. The first-order valence-electron chi connectivity index (χ1n) is 12.0. The maximum Gasteiger partial charge on any atom is 0.412 e. The lowest BCUT2D eigenvalue weighted by atomic mass is 10.1. The van der Waals surface area contributed by atoms with E-state index >= 15 is 0 Å². The van der Waals surface area contributed by atoms with Crippen molar-refractivity contribution < 1.29 is 33.0 Å². The molecule has 0 aromatic heterocycles. The van der Waals surface area contributed by atoms with Gasteiger partial charge >= 0.3 is 12.1 Å². The van der Waals surface area contributed by atoms with Gasteiger partial charge < -0.3 is 19.0 Å². The van der Waals surface area contributed by atoms with Crippen molar-refractivity contribution in [2.75, 3.05) is 38.2 Å². The van der Waals surface area contributed by atoms with E-state index in [4.69, 9.17) is 30.6 Å². The Morgan fingerprint density at radius 2 is 1.95 bits per heavy atom. The summed E-state index contributed by atoms with van der Waals surface area (Å²) in [5.41, 5.74) is 3.32. The average Bonchev–Trinajstić information content (AvgIpc) is 2.81. The van der Waals surface area contributed by atoms with Crippen LogP contribution < -0.4 is 15.5 Å². The van der Waals surface area contributed by atoms with Crippen LogP contribution in [0, 0.1) is 5.82 Å². The first kappa shape index (κ1) is 28.6. The van der Waals surface area contributed by atoms with Crippen LogP contribution in [0.15, 0.2) is 36.4 Å². The van der Waals surface area contributed by atoms with Crippen molar-refractivity contribution in [1.29, 1.82) is 0 Å². The Bertz CT molecular complexity index is 1080. The van der Waals surface area contributed by atoms with E-state index in [0.29, 0.717) is 19.7 Å². The van der Waals surface area contributed by atoms with Crippen molar-refractivity contribution in [1.82, 2.24) is 10.4 Å². The van der Waals surface area contributed by atoms with E-state index in [1.54, 1.807) is 39.8 Å². The number of nitrogens with one attached hydrogen (secondary N) is 2. The van der Waals surface area contributed by atoms with Gasteiger partial charge in [-0.3, -0.25) is 10.2 Å². The summed E-state index contributed by atoms with van der Waals surface area (Å²) in [6.45, 7) is 10.1. The van der Waals surface area contributed by atoms with E-state index in [9.17, 15) is 14.0 Å². The average molecular weight is 538 g/mol. The largest absolute Gasteiger partial charge is 0.493 e. The molecule has 1 aliphatic rings. The van der Waals surface area contributed by atoms with Gasteiger partial charge in [0.2, 0.25) is 0 Å². The molecule has 0 radical (unpaired) electrons. The molecule has 1 heterocycles. The van der Waals surface area contributed by atoms with Crippen LogP contribution in [0.5, 0.6) is 5.75 Å². The highest BCUT2D eigenvalue weighted by atomic mass is 35.5. The number of carbonyl (C=O) groups is 2. The lowest BCUT2D eigenvalue weighted by Gasteiger charge is -2.32. The molecule has 0 bridgehead atoms. The van der Waals surface area contributed by atoms with Crippen molar-refractivity contribution in [3.8, 4) is 5.75 Å². The summed E-state index contributed by atoms with van der Waals surface area (Å²) >= 11 is 6.31. The zero-order chi connectivity index (χ0) is 27.0. The summed E-state index contributed by atoms with van der Waals surface area (Å²) in [6, 6.07) is 9.22. The second kappa shape index (κ2) is 13.0. The highest BCUT2D eigenvalue weighted by Crippen LogP contribution is 2.32. The Labute approximate surface area is 221 Å². The molecule has 0 saturated carbocycles. The van der Waals surface area contributed by atoms with Gasteiger partial charge in [-0.15, -0.1) is 0 Å². The highest BCUT2D eigenvalue weighted by molar-refractivity contribution is 6.34. The predicted molar refractivity (Wildman–Crippen MR) is 137 cm³/mol. The van der Waals surface area contributed by atoms with Gasteiger partial charge in [0.15, 0.2) is 0 Å². The molecule has 2 aromatic rings. The smallest absolute Gasteiger partial charge is 0.412 e. The maximum atomic E-state index is 13.1. The molecule has 0 aliphatic carbocycles. The molecule has 0 spiro atoms. The number of morpholine rings is 1. The molecule has 1 saturated heterocycles. The number of hydroxylamine groups is 1. The molecule has 11 heteroatoms. The number of hydrogen-bond acceptors (Lipinski definition) is 8. The zero-order valence-electron chi connectivity index (χ0n) is 21.4. The van der Waals surface area contributed by atoms with Gasteiger partial charge in [0.05, 0.1) is 36.6 Å². The van der Waals surface area contributed by atoms with Crippen LogP contribution in [0.1, 0.15) is 43.6 Å². The summed E-state index contributed by atoms with van der Waals surface area (Å²) in [6.07, 6.45) is -0.896. The lowest BCUT2D eigenvalue weighted by molar-refractivity contribution is -0.0494. The van der Waals surface area contributed by atoms with Gasteiger partial charge in [-0.25, -0.2) is 14.0 Å². The van der Waals surface area contributed by atoms with Crippen LogP contribution in [-0.4, -0.2) is 61.5 Å². The minimum Gasteiger partial charge on any atom is -0.493 e. The molecule has 37 heavy (non-hydrogen) atoms. The van der Waals surface area contributed by atoms with Gasteiger partial charge in [-0.1, -0.05) is 23.7 Å². The van der Waals surface area contributed by atoms with Crippen LogP contribution in [0.25, 0.3) is 0 Å². The fourth-order valence-electron chi connectivity index (χ4n) is 3.65. The first-order valence-corrected chi connectivity index (χ1v) is 12.4. The molecule has 3 rings (SSSR count). The third-order valence-electron chi connectivity index (χ3n) is 5.24. The summed E-state index contributed by atoms with van der Waals surface area (Å²) < 4.78 is 29.7. The third-order valence-corrected chi connectivity index (χ3v) is 5.56. The highest BCUT2D eigenvalue weighted by Gasteiger charge is 2.23. The topological polar surface area (TPSA) is 98.4 Å². The summed E-state index contributed by atoms with van der Waals surface area (Å²) in [4.78, 5) is 32.3. The SMILES string of the molecule is CCOc1cc(NC(=O)OC(C)(C)C)c(Cl)cc1C(=O)ONCC1CN(Cc2ccc(F)cc2)CCO1. The molecule has 1 aliphatic heterocycles. The molecular weight excluding hydrogens is 505 g/mol. The first-order chi connectivity index (χ1) is 17.5. The number of carbonyl (C=O) groups excluding carboxylic acids is 2. The minimum absolute atomic E-state index is 0.0941. The Morgan fingerprint density at radius 1 is 1.22 bits per heavy atom. The fraction of sp³-hybridized carbons (Fsp3) is 0.462. The lowest BCUT2D eigenvalue weighted by Crippen LogP contribution is -2.46. The number of benzene rings is 2. The predicted octanol–water partition coefficient (Wildman–Crippen LogP) is 4.79. The van der Waals surface area contributed by atoms with Gasteiger partial charge in [0.1, 0.15) is 22.7 Å². The van der Waals surface area contributed by atoms with Crippen molar-refractivity contribution in [3.05, 3.63) is 58.4 Å². The summed E-state index contributed by atoms with van der Waals surface area (Å²) in [5.74, 6) is -0.769. The zero-order valence-corrected chi connectivity index (χ0v) is 22.2. The maximum absolute atomic E-state index is 13.1. The molecule has 2 N–H and O–H groups in total. The normalized spacial score (nSPS) is 16.2. The van der Waals surface area contributed by atoms with Crippen LogP contribution in [0.3, 0.4) is 0 Å². The van der Waals surface area contributed by atoms with Crippen molar-refractivity contribution in [2.24, 2.45) is 0 Å². The van der Waals surface area contributed by atoms with E-state index in [-0.39, 0.29) is 47.1 Å². The van der Waals surface area contributed by atoms with E-state index in [2.05, 4.69) is 15.7 Å². The minimum atomic E-state index is -0.701. The molecule has 1 unspecified atom stereocenters. The number of halogens is 2. The number of rotatable bonds is 9. The fourth-order valence-corrected chi connectivity index (χ4v) is 3.86. The van der Waals surface area contributed by atoms with Crippen LogP contribution in [-0.2, 0) is 20.9 Å². The van der Waals surface area contributed by atoms with Crippen molar-refractivity contribution >= 4 is 29.4 Å². The number of anilines is 1. The van der Waals surface area contributed by atoms with Crippen molar-refractivity contribution in [3.63, 3.8) is 0 Å². The molecule has 1 fully saturated rings. The number of hydrogen-bond donors (Lipinski definition) is 2. The molecule has 1 amide bonds. The van der Waals surface area contributed by atoms with E-state index < -0.39 is 17.7 Å². The van der Waals surface area contributed by atoms with Crippen molar-refractivity contribution in [2.45, 2.75) is 45.9 Å². The standard InChI is InChI=1S/C26H33ClFN3O6/c1-5-34-23-13-22(30-25(33)36-26(2,3)4)21(27)12-20(23)24(32)37-29-14-19-16-31(10-11-35-19)15-17-6-8-18(28)9-7-17/h6-9,12-13,19,29H,5,10-11,14-16H2,1-4H3,(H,30,33). The van der Waals surface area contributed by atoms with E-state index in [1.165, 1.54) is 24.3 Å². The third kappa shape index (κ3) is 9.15. The van der Waals surface area contributed by atoms with Crippen LogP contribution in [0.2, 0.25) is 5.02 Å². The Balaban J connectivity index is 1.56. The van der Waals surface area contributed by atoms with Gasteiger partial charge in [-0.2, -0.15) is 5.48 Å². The van der Waals surface area contributed by atoms with Crippen LogP contribution >= 0.6 is 11.6 Å². The Morgan fingerprint density at radius 3 is 2.62 bits per heavy atom. The number of nitrogens with zero attached hydrogens (tertiary/aromatic N) is 1.